The van der Waals surface area contributed by atoms with Gasteiger partial charge in [-0.2, -0.15) is 0 Å². The first-order chi connectivity index (χ1) is 8.45. The summed E-state index contributed by atoms with van der Waals surface area (Å²) in [7, 11) is 0. The van der Waals surface area contributed by atoms with Crippen molar-refractivity contribution in [2.24, 2.45) is 0 Å². The highest BCUT2D eigenvalue weighted by molar-refractivity contribution is 5.82. The summed E-state index contributed by atoms with van der Waals surface area (Å²) < 4.78 is 0. The summed E-state index contributed by atoms with van der Waals surface area (Å²) in [6, 6.07) is 2.69. The Labute approximate surface area is 104 Å². The van der Waals surface area contributed by atoms with Gasteiger partial charge in [-0.1, -0.05) is 13.8 Å². The average molecular weight is 253 g/mol. The molecule has 1 rings (SSSR count). The van der Waals surface area contributed by atoms with E-state index in [-0.39, 0.29) is 5.82 Å². The Morgan fingerprint density at radius 2 is 2.11 bits per heavy atom. The smallest absolute Gasteiger partial charge is 0.363 e. The molecule has 0 bridgehead atoms. The molecule has 0 fully saturated rings. The van der Waals surface area contributed by atoms with E-state index in [1.54, 1.807) is 13.8 Å². The molecule has 0 radical (unpaired) electrons. The van der Waals surface area contributed by atoms with Gasteiger partial charge in [-0.3, -0.25) is 0 Å². The lowest BCUT2D eigenvalue weighted by molar-refractivity contribution is -0.389. The van der Waals surface area contributed by atoms with Crippen LogP contribution >= 0.6 is 0 Å². The lowest BCUT2D eigenvalue weighted by atomic mass is 9.92. The summed E-state index contributed by atoms with van der Waals surface area (Å²) >= 11 is 0. The van der Waals surface area contributed by atoms with E-state index in [2.05, 4.69) is 10.3 Å². The lowest BCUT2D eigenvalue weighted by Gasteiger charge is -2.28. The van der Waals surface area contributed by atoms with E-state index in [9.17, 15) is 20.0 Å². The number of aliphatic carboxylic acids is 1. The van der Waals surface area contributed by atoms with Gasteiger partial charge in [-0.25, -0.2) is 4.79 Å². The van der Waals surface area contributed by atoms with Gasteiger partial charge in [0.1, 0.15) is 5.54 Å². The number of carbonyl (C=O) groups is 1. The summed E-state index contributed by atoms with van der Waals surface area (Å²) in [5.41, 5.74) is -0.621. The molecule has 1 aromatic rings. The van der Waals surface area contributed by atoms with Crippen LogP contribution in [0, 0.1) is 10.1 Å². The monoisotopic (exact) mass is 253 g/mol. The van der Waals surface area contributed by atoms with Crippen LogP contribution in [-0.4, -0.2) is 26.5 Å². The maximum Gasteiger partial charge on any atom is 0.363 e. The minimum atomic E-state index is -1.07. The molecule has 7 heteroatoms. The molecular weight excluding hydrogens is 238 g/mol. The van der Waals surface area contributed by atoms with Gasteiger partial charge in [0, 0.05) is 6.07 Å². The van der Waals surface area contributed by atoms with Gasteiger partial charge >= 0.3 is 11.8 Å². The zero-order chi connectivity index (χ0) is 13.8. The lowest BCUT2D eigenvalue weighted by Crippen LogP contribution is -2.45. The molecule has 0 atom stereocenters. The van der Waals surface area contributed by atoms with Crippen molar-refractivity contribution < 1.29 is 14.8 Å². The molecule has 98 valence electrons. The first-order valence-corrected chi connectivity index (χ1v) is 5.57. The fraction of sp³-hybridized carbons (Fsp3) is 0.455. The van der Waals surface area contributed by atoms with E-state index >= 15 is 0 Å². The summed E-state index contributed by atoms with van der Waals surface area (Å²) in [5, 5.41) is 22.6. The van der Waals surface area contributed by atoms with Crippen LogP contribution < -0.4 is 5.32 Å². The third kappa shape index (κ3) is 2.73. The number of carboxylic acids is 1. The van der Waals surface area contributed by atoms with Crippen molar-refractivity contribution in [1.29, 1.82) is 0 Å². The third-order valence-corrected chi connectivity index (χ3v) is 2.94. The maximum atomic E-state index is 11.3. The van der Waals surface area contributed by atoms with Crippen LogP contribution in [0.3, 0.4) is 0 Å². The van der Waals surface area contributed by atoms with Crippen molar-refractivity contribution in [3.63, 3.8) is 0 Å². The molecule has 0 amide bonds. The first kappa shape index (κ1) is 13.9. The zero-order valence-corrected chi connectivity index (χ0v) is 10.2. The number of aromatic nitrogens is 1. The molecule has 1 aromatic heterocycles. The van der Waals surface area contributed by atoms with E-state index in [0.29, 0.717) is 18.5 Å². The van der Waals surface area contributed by atoms with E-state index in [1.165, 1.54) is 18.3 Å². The van der Waals surface area contributed by atoms with Gasteiger partial charge in [0.15, 0.2) is 6.20 Å². The van der Waals surface area contributed by atoms with Crippen LogP contribution in [0.4, 0.5) is 11.5 Å². The second-order valence-electron chi connectivity index (χ2n) is 3.88. The van der Waals surface area contributed by atoms with Gasteiger partial charge in [-0.05, 0) is 28.8 Å². The Morgan fingerprint density at radius 1 is 1.50 bits per heavy atom. The van der Waals surface area contributed by atoms with Crippen molar-refractivity contribution in [2.45, 2.75) is 32.2 Å². The van der Waals surface area contributed by atoms with Crippen LogP contribution in [0.1, 0.15) is 26.7 Å². The molecule has 0 aliphatic carbocycles. The highest BCUT2D eigenvalue weighted by Crippen LogP contribution is 2.23. The predicted octanol–water partition coefficient (Wildman–Crippen LogP) is 2.05. The molecule has 1 heterocycles. The third-order valence-electron chi connectivity index (χ3n) is 2.94. The van der Waals surface area contributed by atoms with Crippen molar-refractivity contribution in [2.75, 3.05) is 5.32 Å². The van der Waals surface area contributed by atoms with Gasteiger partial charge in [0.25, 0.3) is 0 Å². The number of anilines is 1. The molecule has 18 heavy (non-hydrogen) atoms. The van der Waals surface area contributed by atoms with Gasteiger partial charge < -0.3 is 20.5 Å². The quantitative estimate of drug-likeness (QED) is 0.593. The standard InChI is InChI=1S/C11H15N3O4/c1-3-11(4-2,10(15)16)13-8-5-6-9(12-7-8)14(17)18/h5-7,13H,3-4H2,1-2H3,(H,15,16). The molecular formula is C11H15N3O4. The summed E-state index contributed by atoms with van der Waals surface area (Å²) in [4.78, 5) is 24.8. The van der Waals surface area contributed by atoms with Crippen LogP contribution in [0.2, 0.25) is 0 Å². The highest BCUT2D eigenvalue weighted by atomic mass is 16.6. The average Bonchev–Trinajstić information content (AvgIpc) is 2.36. The second-order valence-corrected chi connectivity index (χ2v) is 3.88. The molecule has 2 N–H and O–H groups in total. The Bertz CT molecular complexity index is 440. The highest BCUT2D eigenvalue weighted by Gasteiger charge is 2.34. The number of hydrogen-bond acceptors (Lipinski definition) is 5. The minimum Gasteiger partial charge on any atom is -0.480 e. The number of carboxylic acid groups (broad SMARTS) is 1. The predicted molar refractivity (Wildman–Crippen MR) is 65.5 cm³/mol. The topological polar surface area (TPSA) is 105 Å². The van der Waals surface area contributed by atoms with Gasteiger partial charge in [0.2, 0.25) is 0 Å². The summed E-state index contributed by atoms with van der Waals surface area (Å²) in [5.74, 6) is -1.22. The molecule has 0 saturated heterocycles. The number of pyridine rings is 1. The number of hydrogen-bond donors (Lipinski definition) is 2. The van der Waals surface area contributed by atoms with Crippen molar-refractivity contribution in [3.8, 4) is 0 Å². The normalized spacial score (nSPS) is 11.0. The van der Waals surface area contributed by atoms with Crippen molar-refractivity contribution in [3.05, 3.63) is 28.4 Å². The summed E-state index contributed by atoms with van der Waals surface area (Å²) in [6.07, 6.45) is 2.06. The van der Waals surface area contributed by atoms with Crippen LogP contribution in [-0.2, 0) is 4.79 Å². The Morgan fingerprint density at radius 3 is 2.44 bits per heavy atom. The Kier molecular flexibility index (Phi) is 4.19. The van der Waals surface area contributed by atoms with E-state index in [4.69, 9.17) is 0 Å². The molecule has 0 spiro atoms. The summed E-state index contributed by atoms with van der Waals surface area (Å²) in [6.45, 7) is 3.53. The van der Waals surface area contributed by atoms with Crippen LogP contribution in [0.5, 0.6) is 0 Å². The van der Waals surface area contributed by atoms with Gasteiger partial charge in [0.05, 0.1) is 5.69 Å². The molecule has 0 aromatic carbocycles. The van der Waals surface area contributed by atoms with Crippen LogP contribution in [0.15, 0.2) is 18.3 Å². The fourth-order valence-electron chi connectivity index (χ4n) is 1.63. The van der Waals surface area contributed by atoms with Gasteiger partial charge in [-0.15, -0.1) is 0 Å². The molecule has 0 aliphatic heterocycles. The van der Waals surface area contributed by atoms with Crippen LogP contribution in [0.25, 0.3) is 0 Å². The molecule has 0 saturated carbocycles. The Balaban J connectivity index is 2.95. The van der Waals surface area contributed by atoms with E-state index in [1.807, 2.05) is 0 Å². The number of nitrogens with zero attached hydrogens (tertiary/aromatic N) is 2. The molecule has 0 unspecified atom stereocenters. The number of rotatable bonds is 6. The number of nitrogens with one attached hydrogen (secondary N) is 1. The van der Waals surface area contributed by atoms with E-state index in [0.717, 1.165) is 0 Å². The number of nitro groups is 1. The maximum absolute atomic E-state index is 11.3. The molecule has 7 nitrogen and oxygen atoms in total. The fourth-order valence-corrected chi connectivity index (χ4v) is 1.63. The van der Waals surface area contributed by atoms with E-state index < -0.39 is 16.4 Å². The van der Waals surface area contributed by atoms with Crippen molar-refractivity contribution in [1.82, 2.24) is 4.98 Å². The largest absolute Gasteiger partial charge is 0.480 e. The second kappa shape index (κ2) is 5.44. The van der Waals surface area contributed by atoms with Crippen molar-refractivity contribution >= 4 is 17.5 Å². The zero-order valence-electron chi connectivity index (χ0n) is 10.2. The molecule has 0 aliphatic rings. The minimum absolute atomic E-state index is 0.269. The SMILES string of the molecule is CCC(CC)(Nc1ccc([N+](=O)[O-])nc1)C(=O)O. The Hall–Kier alpha value is -2.18. The first-order valence-electron chi connectivity index (χ1n) is 5.57.